The molecule has 0 aliphatic heterocycles. The van der Waals surface area contributed by atoms with Gasteiger partial charge in [-0.1, -0.05) is 60.7 Å². The molecule has 6 heteroatoms. The molecule has 1 heterocycles. The molecule has 6 nitrogen and oxygen atoms in total. The van der Waals surface area contributed by atoms with Crippen molar-refractivity contribution >= 4 is 17.1 Å². The van der Waals surface area contributed by atoms with Gasteiger partial charge in [-0.2, -0.15) is 0 Å². The highest BCUT2D eigenvalue weighted by Gasteiger charge is 2.50. The molecule has 4 aromatic rings. The van der Waals surface area contributed by atoms with E-state index in [1.807, 2.05) is 81.4 Å². The molecule has 1 aromatic heterocycles. The Balaban J connectivity index is 1.63. The van der Waals surface area contributed by atoms with Crippen molar-refractivity contribution in [1.29, 1.82) is 0 Å². The molecule has 178 valence electrons. The highest BCUT2D eigenvalue weighted by Crippen LogP contribution is 2.49. The predicted octanol–water partition coefficient (Wildman–Crippen LogP) is 6.83. The van der Waals surface area contributed by atoms with E-state index >= 15 is 0 Å². The van der Waals surface area contributed by atoms with Crippen LogP contribution in [0.1, 0.15) is 45.6 Å². The maximum Gasteiger partial charge on any atom is 0.408 e. The third kappa shape index (κ3) is 3.89. The second-order valence-electron chi connectivity index (χ2n) is 10.2. The number of fused-ring (bicyclic) bond motifs is 1. The molecule has 5 rings (SSSR count). The Morgan fingerprint density at radius 2 is 1.49 bits per heavy atom. The number of rotatable bonds is 4. The minimum Gasteiger partial charge on any atom is -0.506 e. The Hall–Kier alpha value is -3.93. The lowest BCUT2D eigenvalue weighted by atomic mass is 9.69. The molecule has 35 heavy (non-hydrogen) atoms. The van der Waals surface area contributed by atoms with Gasteiger partial charge in [0.25, 0.3) is 0 Å². The van der Waals surface area contributed by atoms with Gasteiger partial charge in [-0.25, -0.2) is 14.8 Å². The minimum absolute atomic E-state index is 0.0944. The fraction of sp³-hybridized carbons (Fsp3) is 0.276. The van der Waals surface area contributed by atoms with E-state index in [0.29, 0.717) is 16.7 Å². The van der Waals surface area contributed by atoms with Crippen molar-refractivity contribution in [1.82, 2.24) is 14.9 Å². The fourth-order valence-electron chi connectivity index (χ4n) is 5.26. The number of benzene rings is 3. The van der Waals surface area contributed by atoms with Crippen LogP contribution < -0.4 is 0 Å². The second kappa shape index (κ2) is 8.38. The van der Waals surface area contributed by atoms with E-state index in [4.69, 9.17) is 9.97 Å². The maximum absolute atomic E-state index is 12.3. The Bertz CT molecular complexity index is 1390. The third-order valence-electron chi connectivity index (χ3n) is 6.89. The summed E-state index contributed by atoms with van der Waals surface area (Å²) in [6.45, 7) is 5.84. The van der Waals surface area contributed by atoms with Gasteiger partial charge in [0.15, 0.2) is 0 Å². The molecule has 1 saturated carbocycles. The van der Waals surface area contributed by atoms with Crippen LogP contribution in [0.5, 0.6) is 5.75 Å². The molecular formula is C29H29N3O3. The van der Waals surface area contributed by atoms with Crippen LogP contribution in [-0.4, -0.2) is 36.7 Å². The normalized spacial score (nSPS) is 14.9. The van der Waals surface area contributed by atoms with Crippen molar-refractivity contribution in [3.05, 3.63) is 78.4 Å². The van der Waals surface area contributed by atoms with Gasteiger partial charge < -0.3 is 10.2 Å². The summed E-state index contributed by atoms with van der Waals surface area (Å²) in [5, 5.41) is 20.4. The van der Waals surface area contributed by atoms with Crippen LogP contribution in [0.4, 0.5) is 4.79 Å². The summed E-state index contributed by atoms with van der Waals surface area (Å²) in [7, 11) is 0. The van der Waals surface area contributed by atoms with Gasteiger partial charge in [-0.15, -0.1) is 0 Å². The molecule has 0 unspecified atom stereocenters. The topological polar surface area (TPSA) is 86.6 Å². The van der Waals surface area contributed by atoms with Crippen LogP contribution in [0.2, 0.25) is 0 Å². The fourth-order valence-corrected chi connectivity index (χ4v) is 5.26. The first kappa shape index (κ1) is 22.8. The second-order valence-corrected chi connectivity index (χ2v) is 10.2. The molecule has 0 spiro atoms. The number of carbonyl (C=O) groups is 1. The summed E-state index contributed by atoms with van der Waals surface area (Å²) in [5.74, 6) is 0.0944. The standard InChI is InChI=1S/C29H29N3O3/c1-28(2,3)32(27(34)35)29(17-8-18-29)21-15-13-20(14-16-21)24-25(19-9-5-4-6-10-19)31-26-22(30-24)11-7-12-23(26)33/h4-7,9-16,33H,8,17-18H2,1-3H3,(H,34,35). The zero-order valence-electron chi connectivity index (χ0n) is 20.2. The summed E-state index contributed by atoms with van der Waals surface area (Å²) in [4.78, 5) is 23.6. The van der Waals surface area contributed by atoms with Crippen molar-refractivity contribution in [3.8, 4) is 28.3 Å². The van der Waals surface area contributed by atoms with Gasteiger partial charge in [-0.3, -0.25) is 4.90 Å². The highest BCUT2D eigenvalue weighted by atomic mass is 16.4. The molecule has 0 atom stereocenters. The monoisotopic (exact) mass is 467 g/mol. The zero-order chi connectivity index (χ0) is 24.8. The quantitative estimate of drug-likeness (QED) is 0.344. The average molecular weight is 468 g/mol. The van der Waals surface area contributed by atoms with E-state index in [1.165, 1.54) is 0 Å². The van der Waals surface area contributed by atoms with Gasteiger partial charge in [0.2, 0.25) is 0 Å². The Kier molecular flexibility index (Phi) is 5.47. The van der Waals surface area contributed by atoms with Gasteiger partial charge in [0.05, 0.1) is 22.4 Å². The van der Waals surface area contributed by atoms with Crippen molar-refractivity contribution in [2.45, 2.75) is 51.1 Å². The maximum atomic E-state index is 12.3. The number of para-hydroxylation sites is 1. The number of hydrogen-bond acceptors (Lipinski definition) is 4. The average Bonchev–Trinajstić information content (AvgIpc) is 2.80. The van der Waals surface area contributed by atoms with Crippen LogP contribution in [0.3, 0.4) is 0 Å². The van der Waals surface area contributed by atoms with Crippen LogP contribution in [0.25, 0.3) is 33.5 Å². The first-order valence-electron chi connectivity index (χ1n) is 11.9. The van der Waals surface area contributed by atoms with Crippen LogP contribution in [0.15, 0.2) is 72.8 Å². The molecule has 0 bridgehead atoms. The van der Waals surface area contributed by atoms with E-state index in [2.05, 4.69) is 0 Å². The van der Waals surface area contributed by atoms with E-state index in [9.17, 15) is 15.0 Å². The molecule has 1 aliphatic rings. The number of carboxylic acid groups (broad SMARTS) is 1. The molecule has 1 fully saturated rings. The van der Waals surface area contributed by atoms with Gasteiger partial charge >= 0.3 is 6.09 Å². The lowest BCUT2D eigenvalue weighted by Crippen LogP contribution is -2.60. The third-order valence-corrected chi connectivity index (χ3v) is 6.89. The Morgan fingerprint density at radius 1 is 0.857 bits per heavy atom. The summed E-state index contributed by atoms with van der Waals surface area (Å²) in [6, 6.07) is 23.1. The smallest absolute Gasteiger partial charge is 0.408 e. The Labute approximate surface area is 204 Å². The van der Waals surface area contributed by atoms with E-state index < -0.39 is 17.2 Å². The lowest BCUT2D eigenvalue weighted by Gasteiger charge is -2.54. The molecule has 3 aromatic carbocycles. The SMILES string of the molecule is CC(C)(C)N(C(=O)O)C1(c2ccc(-c3nc4cccc(O)c4nc3-c3ccccc3)cc2)CCC1. The van der Waals surface area contributed by atoms with Crippen molar-refractivity contribution in [3.63, 3.8) is 0 Å². The molecule has 2 N–H and O–H groups in total. The number of nitrogens with zero attached hydrogens (tertiary/aromatic N) is 3. The zero-order valence-corrected chi connectivity index (χ0v) is 20.2. The summed E-state index contributed by atoms with van der Waals surface area (Å²) in [5.41, 5.74) is 4.23. The summed E-state index contributed by atoms with van der Waals surface area (Å²) >= 11 is 0. The van der Waals surface area contributed by atoms with E-state index in [1.54, 1.807) is 17.0 Å². The number of hydrogen-bond donors (Lipinski definition) is 2. The van der Waals surface area contributed by atoms with Gasteiger partial charge in [-0.05, 0) is 57.7 Å². The first-order valence-corrected chi connectivity index (χ1v) is 11.9. The van der Waals surface area contributed by atoms with Gasteiger partial charge in [0.1, 0.15) is 11.3 Å². The largest absolute Gasteiger partial charge is 0.506 e. The van der Waals surface area contributed by atoms with Crippen LogP contribution in [0, 0.1) is 0 Å². The molecule has 1 amide bonds. The van der Waals surface area contributed by atoms with Crippen molar-refractivity contribution < 1.29 is 15.0 Å². The Morgan fingerprint density at radius 3 is 2.06 bits per heavy atom. The van der Waals surface area contributed by atoms with Crippen molar-refractivity contribution in [2.24, 2.45) is 0 Å². The first-order chi connectivity index (χ1) is 16.7. The molecule has 0 radical (unpaired) electrons. The number of phenols is 1. The molecular weight excluding hydrogens is 438 g/mol. The lowest BCUT2D eigenvalue weighted by molar-refractivity contribution is -0.0328. The van der Waals surface area contributed by atoms with Gasteiger partial charge in [0, 0.05) is 16.7 Å². The van der Waals surface area contributed by atoms with Crippen molar-refractivity contribution in [2.75, 3.05) is 0 Å². The van der Waals surface area contributed by atoms with E-state index in [-0.39, 0.29) is 5.75 Å². The number of amides is 1. The number of aromatic nitrogens is 2. The predicted molar refractivity (Wildman–Crippen MR) is 137 cm³/mol. The molecule has 1 aliphatic carbocycles. The summed E-state index contributed by atoms with van der Waals surface area (Å²) in [6.07, 6.45) is 1.72. The highest BCUT2D eigenvalue weighted by molar-refractivity contribution is 5.89. The van der Waals surface area contributed by atoms with Crippen LogP contribution >= 0.6 is 0 Å². The minimum atomic E-state index is -0.896. The summed E-state index contributed by atoms with van der Waals surface area (Å²) < 4.78 is 0. The molecule has 0 saturated heterocycles. The van der Waals surface area contributed by atoms with E-state index in [0.717, 1.165) is 41.6 Å². The number of phenolic OH excluding ortho intramolecular Hbond substituents is 1. The number of aromatic hydroxyl groups is 1. The van der Waals surface area contributed by atoms with Crippen LogP contribution in [-0.2, 0) is 5.54 Å².